The highest BCUT2D eigenvalue weighted by Crippen LogP contribution is 2.09. The maximum Gasteiger partial charge on any atom is 0.216 e. The molecule has 12 heavy (non-hydrogen) atoms. The van der Waals surface area contributed by atoms with Gasteiger partial charge in [0.2, 0.25) is 5.88 Å². The van der Waals surface area contributed by atoms with Crippen molar-refractivity contribution in [2.45, 2.75) is 6.92 Å². The first-order chi connectivity index (χ1) is 5.76. The van der Waals surface area contributed by atoms with E-state index in [-0.39, 0.29) is 11.6 Å². The van der Waals surface area contributed by atoms with Crippen molar-refractivity contribution in [1.29, 1.82) is 0 Å². The molecule has 0 amide bonds. The van der Waals surface area contributed by atoms with Gasteiger partial charge in [0.1, 0.15) is 11.5 Å². The van der Waals surface area contributed by atoms with Gasteiger partial charge >= 0.3 is 0 Å². The highest BCUT2D eigenvalue weighted by atomic mass is 19.1. The minimum absolute atomic E-state index is 0.0402. The Morgan fingerprint density at radius 3 is 3.00 bits per heavy atom. The summed E-state index contributed by atoms with van der Waals surface area (Å²) < 4.78 is 17.6. The molecule has 1 aromatic rings. The van der Waals surface area contributed by atoms with Crippen molar-refractivity contribution in [2.24, 2.45) is 0 Å². The molecular weight excluding hydrogens is 161 g/mol. The van der Waals surface area contributed by atoms with Crippen LogP contribution in [0, 0.1) is 5.82 Å². The topological polar surface area (TPSA) is 39.2 Å². The first-order valence-electron chi connectivity index (χ1n) is 3.52. The van der Waals surface area contributed by atoms with Gasteiger partial charge in [-0.15, -0.1) is 0 Å². The van der Waals surface area contributed by atoms with Gasteiger partial charge in [0, 0.05) is 12.1 Å². The molecule has 0 saturated heterocycles. The van der Waals surface area contributed by atoms with E-state index in [2.05, 4.69) is 4.98 Å². The second kappa shape index (κ2) is 3.80. The molecule has 1 aromatic heterocycles. The number of hydrogen-bond donors (Lipinski definition) is 0. The van der Waals surface area contributed by atoms with Crippen LogP contribution in [0.1, 0.15) is 17.4 Å². The number of hydrogen-bond acceptors (Lipinski definition) is 3. The second-order valence-electron chi connectivity index (χ2n) is 2.10. The molecule has 4 heteroatoms. The molecule has 0 aromatic carbocycles. The largest absolute Gasteiger partial charge is 0.478 e. The van der Waals surface area contributed by atoms with Crippen molar-refractivity contribution in [3.8, 4) is 5.88 Å². The highest BCUT2D eigenvalue weighted by Gasteiger charge is 2.01. The zero-order valence-corrected chi connectivity index (χ0v) is 6.58. The van der Waals surface area contributed by atoms with Crippen molar-refractivity contribution < 1.29 is 13.9 Å². The monoisotopic (exact) mass is 169 g/mol. The Hall–Kier alpha value is -1.45. The average molecular weight is 169 g/mol. The minimum atomic E-state index is -0.518. The van der Waals surface area contributed by atoms with Gasteiger partial charge in [0.05, 0.1) is 6.61 Å². The number of pyridine rings is 1. The van der Waals surface area contributed by atoms with Gasteiger partial charge in [0.15, 0.2) is 6.29 Å². The standard InChI is InChI=1S/C8H8FNO2/c1-2-12-8-4-6(9)3-7(5-11)10-8/h3-5H,2H2,1H3. The molecule has 3 nitrogen and oxygen atoms in total. The Balaban J connectivity index is 2.97. The van der Waals surface area contributed by atoms with Crippen LogP contribution in [0.3, 0.4) is 0 Å². The molecule has 0 aliphatic heterocycles. The summed E-state index contributed by atoms with van der Waals surface area (Å²) in [6, 6.07) is 2.19. The quantitative estimate of drug-likeness (QED) is 0.642. The van der Waals surface area contributed by atoms with E-state index in [1.807, 2.05) is 0 Å². The Morgan fingerprint density at radius 2 is 2.42 bits per heavy atom. The Kier molecular flexibility index (Phi) is 2.74. The van der Waals surface area contributed by atoms with Crippen molar-refractivity contribution in [2.75, 3.05) is 6.61 Å². The summed E-state index contributed by atoms with van der Waals surface area (Å²) in [7, 11) is 0. The maximum absolute atomic E-state index is 12.7. The molecule has 0 bridgehead atoms. The molecule has 64 valence electrons. The fourth-order valence-corrected chi connectivity index (χ4v) is 0.775. The number of ether oxygens (including phenoxy) is 1. The van der Waals surface area contributed by atoms with E-state index in [9.17, 15) is 9.18 Å². The third-order valence-electron chi connectivity index (χ3n) is 1.20. The van der Waals surface area contributed by atoms with Crippen LogP contribution in [0.15, 0.2) is 12.1 Å². The fraction of sp³-hybridized carbons (Fsp3) is 0.250. The SMILES string of the molecule is CCOc1cc(F)cc(C=O)n1. The molecule has 1 heterocycles. The number of aldehydes is 1. The van der Waals surface area contributed by atoms with Gasteiger partial charge in [-0.2, -0.15) is 0 Å². The third-order valence-corrected chi connectivity index (χ3v) is 1.20. The Bertz CT molecular complexity index is 288. The number of nitrogens with zero attached hydrogens (tertiary/aromatic N) is 1. The van der Waals surface area contributed by atoms with Gasteiger partial charge in [-0.3, -0.25) is 4.79 Å². The first-order valence-corrected chi connectivity index (χ1v) is 3.52. The zero-order valence-electron chi connectivity index (χ0n) is 6.58. The van der Waals surface area contributed by atoms with Crippen LogP contribution >= 0.6 is 0 Å². The molecule has 0 atom stereocenters. The lowest BCUT2D eigenvalue weighted by Gasteiger charge is -2.01. The molecule has 0 radical (unpaired) electrons. The summed E-state index contributed by atoms with van der Waals surface area (Å²) in [6.07, 6.45) is 0.478. The first kappa shape index (κ1) is 8.64. The molecule has 0 fully saturated rings. The van der Waals surface area contributed by atoms with Crippen molar-refractivity contribution in [1.82, 2.24) is 4.98 Å². The lowest BCUT2D eigenvalue weighted by Crippen LogP contribution is -1.97. The van der Waals surface area contributed by atoms with Gasteiger partial charge in [-0.25, -0.2) is 9.37 Å². The maximum atomic E-state index is 12.7. The highest BCUT2D eigenvalue weighted by molar-refractivity contribution is 5.71. The number of carbonyl (C=O) groups excluding carboxylic acids is 1. The van der Waals surface area contributed by atoms with E-state index in [0.29, 0.717) is 12.9 Å². The van der Waals surface area contributed by atoms with E-state index >= 15 is 0 Å². The smallest absolute Gasteiger partial charge is 0.216 e. The van der Waals surface area contributed by atoms with E-state index in [4.69, 9.17) is 4.74 Å². The summed E-state index contributed by atoms with van der Waals surface area (Å²) in [5.74, 6) is -0.379. The van der Waals surface area contributed by atoms with E-state index < -0.39 is 5.82 Å². The molecule has 0 aliphatic carbocycles. The van der Waals surface area contributed by atoms with E-state index in [1.54, 1.807) is 6.92 Å². The van der Waals surface area contributed by atoms with Crippen molar-refractivity contribution in [3.63, 3.8) is 0 Å². The van der Waals surface area contributed by atoms with E-state index in [0.717, 1.165) is 12.1 Å². The predicted octanol–water partition coefficient (Wildman–Crippen LogP) is 1.43. The van der Waals surface area contributed by atoms with Crippen LogP contribution in [-0.4, -0.2) is 17.9 Å². The number of halogens is 1. The lowest BCUT2D eigenvalue weighted by molar-refractivity contribution is 0.111. The Labute approximate surface area is 69.2 Å². The zero-order chi connectivity index (χ0) is 8.97. The molecule has 1 rings (SSSR count). The van der Waals surface area contributed by atoms with Crippen LogP contribution in [-0.2, 0) is 0 Å². The van der Waals surface area contributed by atoms with Crippen LogP contribution < -0.4 is 4.74 Å². The van der Waals surface area contributed by atoms with Gasteiger partial charge in [-0.1, -0.05) is 0 Å². The summed E-state index contributed by atoms with van der Waals surface area (Å²) in [5, 5.41) is 0. The lowest BCUT2D eigenvalue weighted by atomic mass is 10.3. The Morgan fingerprint density at radius 1 is 1.67 bits per heavy atom. The summed E-state index contributed by atoms with van der Waals surface area (Å²) in [5.41, 5.74) is 0.0402. The average Bonchev–Trinajstić information content (AvgIpc) is 2.04. The fourth-order valence-electron chi connectivity index (χ4n) is 0.775. The number of aromatic nitrogens is 1. The molecular formula is C8H8FNO2. The summed E-state index contributed by atoms with van der Waals surface area (Å²) >= 11 is 0. The predicted molar refractivity (Wildman–Crippen MR) is 40.8 cm³/mol. The molecule has 0 spiro atoms. The van der Waals surface area contributed by atoms with Crippen LogP contribution in [0.25, 0.3) is 0 Å². The molecule has 0 N–H and O–H groups in total. The number of rotatable bonds is 3. The molecule has 0 aliphatic rings. The molecule has 0 saturated carbocycles. The summed E-state index contributed by atoms with van der Waals surface area (Å²) in [6.45, 7) is 2.15. The van der Waals surface area contributed by atoms with Crippen LogP contribution in [0.5, 0.6) is 5.88 Å². The normalized spacial score (nSPS) is 9.50. The van der Waals surface area contributed by atoms with Gasteiger partial charge < -0.3 is 4.74 Å². The van der Waals surface area contributed by atoms with Gasteiger partial charge in [0.25, 0.3) is 0 Å². The van der Waals surface area contributed by atoms with Gasteiger partial charge in [-0.05, 0) is 6.92 Å². The van der Waals surface area contributed by atoms with E-state index in [1.165, 1.54) is 0 Å². The van der Waals surface area contributed by atoms with Crippen LogP contribution in [0.4, 0.5) is 4.39 Å². The molecule has 0 unspecified atom stereocenters. The van der Waals surface area contributed by atoms with Crippen molar-refractivity contribution >= 4 is 6.29 Å². The minimum Gasteiger partial charge on any atom is -0.478 e. The summed E-state index contributed by atoms with van der Waals surface area (Å²) in [4.78, 5) is 13.9. The third kappa shape index (κ3) is 2.02. The second-order valence-corrected chi connectivity index (χ2v) is 2.10. The van der Waals surface area contributed by atoms with Crippen LogP contribution in [0.2, 0.25) is 0 Å². The number of carbonyl (C=O) groups is 1. The van der Waals surface area contributed by atoms with Crippen molar-refractivity contribution in [3.05, 3.63) is 23.6 Å².